The zero-order valence-electron chi connectivity index (χ0n) is 12.0. The SMILES string of the molecule is CCCNC(c1cccc(C(F)(F)F)c1)c1cnn(C)c1. The maximum atomic E-state index is 12.9. The van der Waals surface area contributed by atoms with Crippen molar-refractivity contribution in [3.05, 3.63) is 53.3 Å². The van der Waals surface area contributed by atoms with E-state index in [1.54, 1.807) is 24.0 Å². The van der Waals surface area contributed by atoms with Crippen LogP contribution in [0.2, 0.25) is 0 Å². The Morgan fingerprint density at radius 3 is 2.62 bits per heavy atom. The molecular formula is C15H18F3N3. The van der Waals surface area contributed by atoms with E-state index in [2.05, 4.69) is 10.4 Å². The lowest BCUT2D eigenvalue weighted by atomic mass is 9.99. The quantitative estimate of drug-likeness (QED) is 0.915. The van der Waals surface area contributed by atoms with Crippen LogP contribution in [0.3, 0.4) is 0 Å². The summed E-state index contributed by atoms with van der Waals surface area (Å²) >= 11 is 0. The van der Waals surface area contributed by atoms with Gasteiger partial charge in [-0.25, -0.2) is 0 Å². The van der Waals surface area contributed by atoms with Gasteiger partial charge in [0.2, 0.25) is 0 Å². The molecule has 0 radical (unpaired) electrons. The Morgan fingerprint density at radius 1 is 1.29 bits per heavy atom. The molecular weight excluding hydrogens is 279 g/mol. The zero-order valence-corrected chi connectivity index (χ0v) is 12.0. The maximum Gasteiger partial charge on any atom is 0.416 e. The molecule has 0 aliphatic heterocycles. The topological polar surface area (TPSA) is 29.9 Å². The van der Waals surface area contributed by atoms with Gasteiger partial charge in [0.1, 0.15) is 0 Å². The van der Waals surface area contributed by atoms with Gasteiger partial charge < -0.3 is 5.32 Å². The molecule has 1 heterocycles. The molecule has 0 saturated carbocycles. The highest BCUT2D eigenvalue weighted by molar-refractivity contribution is 5.33. The van der Waals surface area contributed by atoms with Gasteiger partial charge in [-0.3, -0.25) is 4.68 Å². The van der Waals surface area contributed by atoms with Crippen LogP contribution in [0.4, 0.5) is 13.2 Å². The number of nitrogens with one attached hydrogen (secondary N) is 1. The van der Waals surface area contributed by atoms with Crippen LogP contribution in [0.5, 0.6) is 0 Å². The van der Waals surface area contributed by atoms with Crippen LogP contribution in [-0.4, -0.2) is 16.3 Å². The van der Waals surface area contributed by atoms with E-state index in [9.17, 15) is 13.2 Å². The molecule has 1 atom stereocenters. The van der Waals surface area contributed by atoms with Crippen LogP contribution in [0.15, 0.2) is 36.7 Å². The number of aromatic nitrogens is 2. The first-order valence-electron chi connectivity index (χ1n) is 6.81. The van der Waals surface area contributed by atoms with Gasteiger partial charge in [-0.1, -0.05) is 19.1 Å². The Labute approximate surface area is 121 Å². The molecule has 0 saturated heterocycles. The fourth-order valence-electron chi connectivity index (χ4n) is 2.20. The molecule has 1 unspecified atom stereocenters. The molecule has 0 amide bonds. The van der Waals surface area contributed by atoms with Crippen molar-refractivity contribution in [2.75, 3.05) is 6.54 Å². The molecule has 0 bridgehead atoms. The summed E-state index contributed by atoms with van der Waals surface area (Å²) < 4.78 is 40.2. The lowest BCUT2D eigenvalue weighted by molar-refractivity contribution is -0.137. The van der Waals surface area contributed by atoms with Gasteiger partial charge in [-0.2, -0.15) is 18.3 Å². The average molecular weight is 297 g/mol. The number of nitrogens with zero attached hydrogens (tertiary/aromatic N) is 2. The summed E-state index contributed by atoms with van der Waals surface area (Å²) in [5.41, 5.74) is 0.809. The zero-order chi connectivity index (χ0) is 15.5. The Balaban J connectivity index is 2.37. The summed E-state index contributed by atoms with van der Waals surface area (Å²) in [5, 5.41) is 7.37. The van der Waals surface area contributed by atoms with Gasteiger partial charge in [0.15, 0.2) is 0 Å². The fourth-order valence-corrected chi connectivity index (χ4v) is 2.20. The van der Waals surface area contributed by atoms with Crippen LogP contribution >= 0.6 is 0 Å². The second-order valence-electron chi connectivity index (χ2n) is 4.96. The van der Waals surface area contributed by atoms with E-state index in [0.717, 1.165) is 24.6 Å². The van der Waals surface area contributed by atoms with Crippen molar-refractivity contribution in [1.82, 2.24) is 15.1 Å². The molecule has 21 heavy (non-hydrogen) atoms. The Morgan fingerprint density at radius 2 is 2.05 bits per heavy atom. The molecule has 6 heteroatoms. The molecule has 1 aromatic carbocycles. The van der Waals surface area contributed by atoms with Crippen molar-refractivity contribution in [3.8, 4) is 0 Å². The highest BCUT2D eigenvalue weighted by Gasteiger charge is 2.31. The molecule has 0 aliphatic rings. The largest absolute Gasteiger partial charge is 0.416 e. The monoisotopic (exact) mass is 297 g/mol. The first kappa shape index (κ1) is 15.6. The highest BCUT2D eigenvalue weighted by Crippen LogP contribution is 2.32. The summed E-state index contributed by atoms with van der Waals surface area (Å²) in [6.07, 6.45) is 0.0527. The maximum absolute atomic E-state index is 12.9. The molecule has 0 fully saturated rings. The van der Waals surface area contributed by atoms with Crippen molar-refractivity contribution in [1.29, 1.82) is 0 Å². The summed E-state index contributed by atoms with van der Waals surface area (Å²) in [4.78, 5) is 0. The molecule has 2 aromatic rings. The minimum absolute atomic E-state index is 0.291. The number of halogens is 3. The predicted octanol–water partition coefficient (Wildman–Crippen LogP) is 3.53. The number of alkyl halides is 3. The van der Waals surface area contributed by atoms with Crippen molar-refractivity contribution >= 4 is 0 Å². The van der Waals surface area contributed by atoms with Gasteiger partial charge in [0.05, 0.1) is 17.8 Å². The number of hydrogen-bond acceptors (Lipinski definition) is 2. The van der Waals surface area contributed by atoms with Gasteiger partial charge in [0.25, 0.3) is 0 Å². The predicted molar refractivity (Wildman–Crippen MR) is 74.8 cm³/mol. The van der Waals surface area contributed by atoms with Crippen molar-refractivity contribution in [2.24, 2.45) is 7.05 Å². The summed E-state index contributed by atoms with van der Waals surface area (Å²) in [6.45, 7) is 2.73. The fraction of sp³-hybridized carbons (Fsp3) is 0.400. The second kappa shape index (κ2) is 6.30. The van der Waals surface area contributed by atoms with Crippen LogP contribution in [0.1, 0.15) is 36.1 Å². The number of benzene rings is 1. The van der Waals surface area contributed by atoms with Crippen molar-refractivity contribution in [2.45, 2.75) is 25.6 Å². The lowest BCUT2D eigenvalue weighted by Crippen LogP contribution is -2.23. The third kappa shape index (κ3) is 3.85. The highest BCUT2D eigenvalue weighted by atomic mass is 19.4. The van der Waals surface area contributed by atoms with Crippen molar-refractivity contribution < 1.29 is 13.2 Å². The van der Waals surface area contributed by atoms with Gasteiger partial charge in [-0.15, -0.1) is 0 Å². The molecule has 3 nitrogen and oxygen atoms in total. The average Bonchev–Trinajstić information content (AvgIpc) is 2.85. The Kier molecular flexibility index (Phi) is 4.67. The van der Waals surface area contributed by atoms with Crippen LogP contribution < -0.4 is 5.32 Å². The lowest BCUT2D eigenvalue weighted by Gasteiger charge is -2.19. The second-order valence-corrected chi connectivity index (χ2v) is 4.96. The van der Waals surface area contributed by atoms with Crippen LogP contribution in [-0.2, 0) is 13.2 Å². The summed E-state index contributed by atoms with van der Waals surface area (Å²) in [5.74, 6) is 0. The van der Waals surface area contributed by atoms with E-state index >= 15 is 0 Å². The van der Waals surface area contributed by atoms with E-state index in [1.807, 2.05) is 13.1 Å². The van der Waals surface area contributed by atoms with Crippen LogP contribution in [0, 0.1) is 0 Å². The van der Waals surface area contributed by atoms with E-state index in [0.29, 0.717) is 5.56 Å². The molecule has 2 rings (SSSR count). The smallest absolute Gasteiger partial charge is 0.306 e. The molecule has 1 aromatic heterocycles. The van der Waals surface area contributed by atoms with Gasteiger partial charge in [-0.05, 0) is 30.7 Å². The first-order valence-corrected chi connectivity index (χ1v) is 6.81. The van der Waals surface area contributed by atoms with E-state index < -0.39 is 11.7 Å². The van der Waals surface area contributed by atoms with Crippen LogP contribution in [0.25, 0.3) is 0 Å². The third-order valence-corrected chi connectivity index (χ3v) is 3.20. The van der Waals surface area contributed by atoms with Gasteiger partial charge >= 0.3 is 6.18 Å². The molecule has 1 N–H and O–H groups in total. The molecule has 0 spiro atoms. The number of aryl methyl sites for hydroxylation is 1. The molecule has 0 aliphatic carbocycles. The molecule has 114 valence electrons. The normalized spacial score (nSPS) is 13.4. The van der Waals surface area contributed by atoms with Crippen molar-refractivity contribution in [3.63, 3.8) is 0 Å². The van der Waals surface area contributed by atoms with Gasteiger partial charge in [0, 0.05) is 18.8 Å². The Hall–Kier alpha value is -1.82. The van der Waals surface area contributed by atoms with E-state index in [4.69, 9.17) is 0 Å². The Bertz CT molecular complexity index is 590. The number of hydrogen-bond donors (Lipinski definition) is 1. The number of rotatable bonds is 5. The summed E-state index contributed by atoms with van der Waals surface area (Å²) in [7, 11) is 1.78. The van der Waals surface area contributed by atoms with E-state index in [1.165, 1.54) is 12.1 Å². The first-order chi connectivity index (χ1) is 9.91. The minimum atomic E-state index is -4.33. The summed E-state index contributed by atoms with van der Waals surface area (Å²) in [6, 6.07) is 5.13. The standard InChI is InChI=1S/C15H18F3N3/c1-3-7-19-14(12-9-20-21(2)10-12)11-5-4-6-13(8-11)15(16,17)18/h4-6,8-10,14,19H,3,7H2,1-2H3. The minimum Gasteiger partial charge on any atom is -0.306 e. The third-order valence-electron chi connectivity index (χ3n) is 3.20. The van der Waals surface area contributed by atoms with E-state index in [-0.39, 0.29) is 6.04 Å².